The number of hydrogen-bond acceptors (Lipinski definition) is 1. The Balaban J connectivity index is 2.69. The van der Waals surface area contributed by atoms with Crippen molar-refractivity contribution in [3.63, 3.8) is 0 Å². The molecule has 78 valence electrons. The maximum Gasteiger partial charge on any atom is 0.153 e. The molecule has 0 saturated heterocycles. The van der Waals surface area contributed by atoms with E-state index in [1.807, 2.05) is 13.8 Å². The number of aryl methyl sites for hydroxylation is 2. The van der Waals surface area contributed by atoms with Crippen molar-refractivity contribution in [2.24, 2.45) is 0 Å². The Morgan fingerprint density at radius 3 is 2.29 bits per heavy atom. The molecule has 0 radical (unpaired) electrons. The number of thiol groups is 1. The lowest BCUT2D eigenvalue weighted by Gasteiger charge is -2.02. The number of hydrogen-bond donors (Lipinski definition) is 1. The SMILES string of the molecule is CCCC[SH+]c1cc(C)c(O)c(C)c1. The molecular formula is C12H19OS+. The van der Waals surface area contributed by atoms with Crippen LogP contribution in [0.2, 0.25) is 0 Å². The van der Waals surface area contributed by atoms with E-state index >= 15 is 0 Å². The van der Waals surface area contributed by atoms with Crippen molar-refractivity contribution < 1.29 is 5.11 Å². The van der Waals surface area contributed by atoms with Crippen molar-refractivity contribution in [1.29, 1.82) is 0 Å². The first-order valence-corrected chi connectivity index (χ1v) is 6.20. The van der Waals surface area contributed by atoms with Gasteiger partial charge in [-0.25, -0.2) is 0 Å². The third kappa shape index (κ3) is 2.95. The van der Waals surface area contributed by atoms with Crippen molar-refractivity contribution >= 4 is 11.8 Å². The first-order chi connectivity index (χ1) is 6.65. The highest BCUT2D eigenvalue weighted by Crippen LogP contribution is 2.23. The van der Waals surface area contributed by atoms with Gasteiger partial charge in [0.15, 0.2) is 4.90 Å². The Morgan fingerprint density at radius 2 is 1.79 bits per heavy atom. The molecule has 0 saturated carbocycles. The fourth-order valence-corrected chi connectivity index (χ4v) is 2.69. The summed E-state index contributed by atoms with van der Waals surface area (Å²) < 4.78 is 0. The molecule has 0 aliphatic carbocycles. The molecule has 1 N–H and O–H groups in total. The van der Waals surface area contributed by atoms with E-state index in [4.69, 9.17) is 0 Å². The molecule has 0 heterocycles. The van der Waals surface area contributed by atoms with Gasteiger partial charge in [-0.1, -0.05) is 13.3 Å². The van der Waals surface area contributed by atoms with Crippen molar-refractivity contribution in [3.05, 3.63) is 23.3 Å². The molecule has 1 aromatic carbocycles. The van der Waals surface area contributed by atoms with Gasteiger partial charge in [-0.3, -0.25) is 0 Å². The molecule has 0 atom stereocenters. The van der Waals surface area contributed by atoms with Gasteiger partial charge in [-0.2, -0.15) is 0 Å². The second-order valence-electron chi connectivity index (χ2n) is 3.66. The molecule has 0 fully saturated rings. The van der Waals surface area contributed by atoms with Gasteiger partial charge in [0.2, 0.25) is 0 Å². The van der Waals surface area contributed by atoms with Crippen LogP contribution in [0.1, 0.15) is 30.9 Å². The Kier molecular flexibility index (Phi) is 4.33. The summed E-state index contributed by atoms with van der Waals surface area (Å²) in [7, 11) is 0. The number of benzene rings is 1. The normalized spacial score (nSPS) is 10.5. The molecule has 0 amide bonds. The number of unbranched alkanes of at least 4 members (excludes halogenated alkanes) is 1. The van der Waals surface area contributed by atoms with Crippen LogP contribution < -0.4 is 0 Å². The second-order valence-corrected chi connectivity index (χ2v) is 4.94. The zero-order valence-corrected chi connectivity index (χ0v) is 10.1. The van der Waals surface area contributed by atoms with E-state index in [9.17, 15) is 5.11 Å². The topological polar surface area (TPSA) is 20.2 Å². The van der Waals surface area contributed by atoms with Crippen LogP contribution in [-0.2, 0) is 11.8 Å². The van der Waals surface area contributed by atoms with Crippen LogP contribution in [-0.4, -0.2) is 10.9 Å². The average Bonchev–Trinajstić information content (AvgIpc) is 2.14. The second kappa shape index (κ2) is 5.30. The van der Waals surface area contributed by atoms with E-state index in [1.165, 1.54) is 35.3 Å². The number of phenolic OH excluding ortho intramolecular Hbond substituents is 1. The lowest BCUT2D eigenvalue weighted by Crippen LogP contribution is -1.92. The van der Waals surface area contributed by atoms with Gasteiger partial charge in [0.1, 0.15) is 11.5 Å². The molecule has 0 spiro atoms. The summed E-state index contributed by atoms with van der Waals surface area (Å²) in [6, 6.07) is 4.17. The first-order valence-electron chi connectivity index (χ1n) is 5.13. The summed E-state index contributed by atoms with van der Waals surface area (Å²) >= 11 is 1.38. The van der Waals surface area contributed by atoms with Gasteiger partial charge in [-0.05, 0) is 43.5 Å². The largest absolute Gasteiger partial charge is 0.507 e. The third-order valence-electron chi connectivity index (χ3n) is 2.28. The highest BCUT2D eigenvalue weighted by Gasteiger charge is 2.08. The van der Waals surface area contributed by atoms with Crippen LogP contribution in [0, 0.1) is 13.8 Å². The molecule has 1 rings (SSSR count). The first kappa shape index (κ1) is 11.4. The summed E-state index contributed by atoms with van der Waals surface area (Å²) in [4.78, 5) is 1.33. The summed E-state index contributed by atoms with van der Waals surface area (Å²) in [5.74, 6) is 1.67. The van der Waals surface area contributed by atoms with E-state index < -0.39 is 0 Å². The quantitative estimate of drug-likeness (QED) is 0.461. The highest BCUT2D eigenvalue weighted by molar-refractivity contribution is 7.78. The maximum absolute atomic E-state index is 9.60. The molecule has 2 heteroatoms. The van der Waals surface area contributed by atoms with Crippen LogP contribution >= 0.6 is 0 Å². The number of rotatable bonds is 4. The third-order valence-corrected chi connectivity index (χ3v) is 3.45. The van der Waals surface area contributed by atoms with Crippen molar-refractivity contribution in [3.8, 4) is 5.75 Å². The van der Waals surface area contributed by atoms with Crippen LogP contribution in [0.15, 0.2) is 17.0 Å². The molecule has 0 aromatic heterocycles. The highest BCUT2D eigenvalue weighted by atomic mass is 32.2. The summed E-state index contributed by atoms with van der Waals surface area (Å²) in [6.07, 6.45) is 2.53. The zero-order valence-electron chi connectivity index (χ0n) is 9.17. The van der Waals surface area contributed by atoms with Crippen molar-refractivity contribution in [1.82, 2.24) is 0 Å². The minimum Gasteiger partial charge on any atom is -0.507 e. The number of phenols is 1. The standard InChI is InChI=1S/C12H18OS/c1-4-5-6-14-11-7-9(2)12(13)10(3)8-11/h7-8,13H,4-6H2,1-3H3/p+1. The Labute approximate surface area is 90.5 Å². The fourth-order valence-electron chi connectivity index (χ4n) is 1.39. The zero-order chi connectivity index (χ0) is 10.6. The minimum absolute atomic E-state index is 0.444. The monoisotopic (exact) mass is 211 g/mol. The van der Waals surface area contributed by atoms with E-state index in [2.05, 4.69) is 19.1 Å². The predicted molar refractivity (Wildman–Crippen MR) is 64.4 cm³/mol. The smallest absolute Gasteiger partial charge is 0.153 e. The van der Waals surface area contributed by atoms with Gasteiger partial charge in [0, 0.05) is 11.8 Å². The van der Waals surface area contributed by atoms with Gasteiger partial charge in [0.25, 0.3) is 0 Å². The molecule has 0 bridgehead atoms. The minimum atomic E-state index is 0.444. The van der Waals surface area contributed by atoms with Crippen LogP contribution in [0.3, 0.4) is 0 Å². The van der Waals surface area contributed by atoms with Crippen molar-refractivity contribution in [2.75, 3.05) is 5.75 Å². The van der Waals surface area contributed by atoms with Crippen LogP contribution in [0.4, 0.5) is 0 Å². The molecule has 14 heavy (non-hydrogen) atoms. The molecule has 0 aliphatic heterocycles. The van der Waals surface area contributed by atoms with Gasteiger partial charge in [0.05, 0.1) is 0 Å². The lowest BCUT2D eigenvalue weighted by molar-refractivity contribution is 0.466. The molecule has 0 aliphatic rings. The molecule has 0 unspecified atom stereocenters. The predicted octanol–water partition coefficient (Wildman–Crippen LogP) is 2.98. The van der Waals surface area contributed by atoms with E-state index in [0.29, 0.717) is 5.75 Å². The van der Waals surface area contributed by atoms with E-state index in [0.717, 1.165) is 11.1 Å². The Hall–Kier alpha value is -0.630. The lowest BCUT2D eigenvalue weighted by atomic mass is 10.1. The summed E-state index contributed by atoms with van der Waals surface area (Å²) in [5, 5.41) is 9.60. The van der Waals surface area contributed by atoms with Gasteiger partial charge >= 0.3 is 0 Å². The van der Waals surface area contributed by atoms with Crippen molar-refractivity contribution in [2.45, 2.75) is 38.5 Å². The molecule has 1 aromatic rings. The Bertz CT molecular complexity index is 284. The fraction of sp³-hybridized carbons (Fsp3) is 0.500. The van der Waals surface area contributed by atoms with E-state index in [-0.39, 0.29) is 0 Å². The Morgan fingerprint density at radius 1 is 1.21 bits per heavy atom. The van der Waals surface area contributed by atoms with Crippen LogP contribution in [0.25, 0.3) is 0 Å². The summed E-state index contributed by atoms with van der Waals surface area (Å²) in [6.45, 7) is 6.13. The van der Waals surface area contributed by atoms with Gasteiger partial charge in [-0.15, -0.1) is 0 Å². The average molecular weight is 211 g/mol. The molecule has 1 nitrogen and oxygen atoms in total. The summed E-state index contributed by atoms with van der Waals surface area (Å²) in [5.41, 5.74) is 1.98. The van der Waals surface area contributed by atoms with Crippen LogP contribution in [0.5, 0.6) is 5.75 Å². The molecular weight excluding hydrogens is 192 g/mol. The number of aromatic hydroxyl groups is 1. The maximum atomic E-state index is 9.60. The van der Waals surface area contributed by atoms with E-state index in [1.54, 1.807) is 0 Å². The van der Waals surface area contributed by atoms with Gasteiger partial charge < -0.3 is 5.11 Å².